The Hall–Kier alpha value is -3.53. The van der Waals surface area contributed by atoms with E-state index < -0.39 is 11.8 Å². The Bertz CT molecular complexity index is 991. The van der Waals surface area contributed by atoms with Crippen molar-refractivity contribution in [2.75, 3.05) is 36.6 Å². The molecule has 1 fully saturated rings. The Morgan fingerprint density at radius 1 is 1.37 bits per heavy atom. The first-order valence-electron chi connectivity index (χ1n) is 9.45. The summed E-state index contributed by atoms with van der Waals surface area (Å²) in [5, 5.41) is 13.2. The molecule has 0 radical (unpaired) electrons. The first-order valence-corrected chi connectivity index (χ1v) is 9.45. The number of ether oxygens (including phenoxy) is 2. The Morgan fingerprint density at radius 3 is 3.00 bits per heavy atom. The van der Waals surface area contributed by atoms with E-state index >= 15 is 0 Å². The van der Waals surface area contributed by atoms with Gasteiger partial charge < -0.3 is 19.5 Å². The van der Waals surface area contributed by atoms with Gasteiger partial charge in [0.15, 0.2) is 11.6 Å². The topological polar surface area (TPSA) is 109 Å². The van der Waals surface area contributed by atoms with Gasteiger partial charge in [0.2, 0.25) is 5.95 Å². The third kappa shape index (κ3) is 4.54. The second kappa shape index (κ2) is 8.87. The molecule has 1 aromatic heterocycles. The number of hydrazone groups is 1. The molecule has 2 aliphatic heterocycles. The number of halogens is 1. The number of nitrogens with zero attached hydrogens (tertiary/aromatic N) is 4. The second-order valence-electron chi connectivity index (χ2n) is 6.70. The standard InChI is InChI=1S/C20H20FN5O4/c21-16-12-22-20(24-18(16)26-6-8-29-9-7-26)25-23-11-15-4-5-17(30-15)13-2-1-3-14(10-13)19(27)28/h1-3,5,10-12,15H,4,6-9H2,(H,27,28)(H,22,24,25)/b23-11+. The van der Waals surface area contributed by atoms with Gasteiger partial charge in [0.25, 0.3) is 0 Å². The summed E-state index contributed by atoms with van der Waals surface area (Å²) in [4.78, 5) is 21.0. The molecule has 30 heavy (non-hydrogen) atoms. The lowest BCUT2D eigenvalue weighted by Crippen LogP contribution is -2.37. The maximum atomic E-state index is 14.1. The summed E-state index contributed by atoms with van der Waals surface area (Å²) >= 11 is 0. The van der Waals surface area contributed by atoms with Crippen LogP contribution in [0.3, 0.4) is 0 Å². The summed E-state index contributed by atoms with van der Waals surface area (Å²) in [6, 6.07) is 6.54. The quantitative estimate of drug-likeness (QED) is 0.549. The van der Waals surface area contributed by atoms with Gasteiger partial charge in [0.05, 0.1) is 31.2 Å². The Balaban J connectivity index is 1.36. The van der Waals surface area contributed by atoms with Gasteiger partial charge in [-0.25, -0.2) is 19.6 Å². The van der Waals surface area contributed by atoms with Gasteiger partial charge >= 0.3 is 5.97 Å². The number of aromatic nitrogens is 2. The molecule has 0 saturated carbocycles. The van der Waals surface area contributed by atoms with E-state index in [4.69, 9.17) is 14.6 Å². The summed E-state index contributed by atoms with van der Waals surface area (Å²) in [5.41, 5.74) is 3.58. The molecule has 0 spiro atoms. The van der Waals surface area contributed by atoms with Crippen molar-refractivity contribution in [1.29, 1.82) is 0 Å². The van der Waals surface area contributed by atoms with E-state index in [0.717, 1.165) is 6.20 Å². The molecule has 1 atom stereocenters. The maximum Gasteiger partial charge on any atom is 0.335 e. The van der Waals surface area contributed by atoms with Crippen LogP contribution in [0.25, 0.3) is 5.76 Å². The van der Waals surface area contributed by atoms with Crippen LogP contribution in [0.5, 0.6) is 0 Å². The molecule has 0 amide bonds. The average Bonchev–Trinajstić information content (AvgIpc) is 3.24. The van der Waals surface area contributed by atoms with Gasteiger partial charge in [-0.1, -0.05) is 12.1 Å². The lowest BCUT2D eigenvalue weighted by Gasteiger charge is -2.27. The van der Waals surface area contributed by atoms with Gasteiger partial charge in [0.1, 0.15) is 11.9 Å². The fraction of sp³-hybridized carbons (Fsp3) is 0.300. The number of aromatic carboxylic acids is 1. The van der Waals surface area contributed by atoms with Crippen molar-refractivity contribution in [3.8, 4) is 0 Å². The normalized spacial score (nSPS) is 18.9. The van der Waals surface area contributed by atoms with Crippen molar-refractivity contribution in [3.05, 3.63) is 53.5 Å². The molecular formula is C20H20FN5O4. The summed E-state index contributed by atoms with van der Waals surface area (Å²) < 4.78 is 25.2. The number of carboxylic acid groups (broad SMARTS) is 1. The highest BCUT2D eigenvalue weighted by Gasteiger charge is 2.20. The van der Waals surface area contributed by atoms with Crippen LogP contribution in [-0.4, -0.2) is 59.7 Å². The van der Waals surface area contributed by atoms with E-state index in [-0.39, 0.29) is 23.4 Å². The number of anilines is 2. The van der Waals surface area contributed by atoms with E-state index in [1.54, 1.807) is 29.3 Å². The molecule has 1 unspecified atom stereocenters. The van der Waals surface area contributed by atoms with Crippen LogP contribution in [0.15, 0.2) is 41.6 Å². The highest BCUT2D eigenvalue weighted by atomic mass is 19.1. The lowest BCUT2D eigenvalue weighted by atomic mass is 10.1. The zero-order valence-corrected chi connectivity index (χ0v) is 16.0. The van der Waals surface area contributed by atoms with Crippen molar-refractivity contribution >= 4 is 29.7 Å². The Morgan fingerprint density at radius 2 is 2.20 bits per heavy atom. The van der Waals surface area contributed by atoms with Crippen molar-refractivity contribution in [3.63, 3.8) is 0 Å². The molecule has 3 heterocycles. The van der Waals surface area contributed by atoms with Crippen LogP contribution in [0.1, 0.15) is 22.3 Å². The molecule has 0 aliphatic carbocycles. The van der Waals surface area contributed by atoms with Crippen LogP contribution in [-0.2, 0) is 9.47 Å². The number of carbonyl (C=O) groups is 1. The molecule has 2 aromatic rings. The SMILES string of the molecule is O=C(O)c1cccc(C2=CCC(/C=N/Nc3ncc(F)c(N4CCOCC4)n3)O2)c1. The van der Waals surface area contributed by atoms with Crippen LogP contribution in [0, 0.1) is 5.82 Å². The third-order valence-electron chi connectivity index (χ3n) is 4.65. The van der Waals surface area contributed by atoms with E-state index in [1.807, 2.05) is 6.08 Å². The van der Waals surface area contributed by atoms with Gasteiger partial charge in [-0.2, -0.15) is 10.1 Å². The summed E-state index contributed by atoms with van der Waals surface area (Å²) in [5.74, 6) is -0.501. The van der Waals surface area contributed by atoms with E-state index in [9.17, 15) is 9.18 Å². The predicted molar refractivity (Wildman–Crippen MR) is 108 cm³/mol. The van der Waals surface area contributed by atoms with Crippen molar-refractivity contribution in [1.82, 2.24) is 9.97 Å². The number of nitrogens with one attached hydrogen (secondary N) is 1. The van der Waals surface area contributed by atoms with E-state index in [1.165, 1.54) is 6.07 Å². The molecular weight excluding hydrogens is 393 g/mol. The largest absolute Gasteiger partial charge is 0.484 e. The summed E-state index contributed by atoms with van der Waals surface area (Å²) in [6.07, 6.45) is 4.81. The van der Waals surface area contributed by atoms with Gasteiger partial charge in [-0.05, 0) is 18.2 Å². The molecule has 4 rings (SSSR count). The molecule has 2 aliphatic rings. The Kier molecular flexibility index (Phi) is 5.84. The molecule has 156 valence electrons. The predicted octanol–water partition coefficient (Wildman–Crippen LogP) is 2.38. The van der Waals surface area contributed by atoms with Crippen LogP contribution >= 0.6 is 0 Å². The number of morpholine rings is 1. The first kappa shape index (κ1) is 19.8. The minimum Gasteiger partial charge on any atom is -0.484 e. The van der Waals surface area contributed by atoms with Gasteiger partial charge in [-0.15, -0.1) is 0 Å². The third-order valence-corrected chi connectivity index (χ3v) is 4.65. The number of benzene rings is 1. The molecule has 2 N–H and O–H groups in total. The molecule has 10 heteroatoms. The number of hydrogen-bond acceptors (Lipinski definition) is 8. The highest BCUT2D eigenvalue weighted by molar-refractivity contribution is 5.88. The lowest BCUT2D eigenvalue weighted by molar-refractivity contribution is 0.0697. The number of hydrogen-bond donors (Lipinski definition) is 2. The zero-order valence-electron chi connectivity index (χ0n) is 16.0. The average molecular weight is 413 g/mol. The monoisotopic (exact) mass is 413 g/mol. The minimum atomic E-state index is -0.992. The number of carboxylic acids is 1. The maximum absolute atomic E-state index is 14.1. The summed E-state index contributed by atoms with van der Waals surface area (Å²) in [6.45, 7) is 2.16. The first-order chi connectivity index (χ1) is 14.6. The van der Waals surface area contributed by atoms with E-state index in [0.29, 0.717) is 44.0 Å². The van der Waals surface area contributed by atoms with Gasteiger partial charge in [-0.3, -0.25) is 0 Å². The highest BCUT2D eigenvalue weighted by Crippen LogP contribution is 2.26. The van der Waals surface area contributed by atoms with Crippen LogP contribution in [0.2, 0.25) is 0 Å². The minimum absolute atomic E-state index is 0.175. The summed E-state index contributed by atoms with van der Waals surface area (Å²) in [7, 11) is 0. The van der Waals surface area contributed by atoms with E-state index in [2.05, 4.69) is 20.5 Å². The molecule has 1 saturated heterocycles. The van der Waals surface area contributed by atoms with Crippen molar-refractivity contribution in [2.24, 2.45) is 5.10 Å². The molecule has 0 bridgehead atoms. The molecule has 9 nitrogen and oxygen atoms in total. The zero-order chi connectivity index (χ0) is 20.9. The fourth-order valence-corrected chi connectivity index (χ4v) is 3.15. The van der Waals surface area contributed by atoms with Crippen LogP contribution in [0.4, 0.5) is 16.2 Å². The van der Waals surface area contributed by atoms with Crippen molar-refractivity contribution < 1.29 is 23.8 Å². The number of rotatable bonds is 6. The smallest absolute Gasteiger partial charge is 0.335 e. The second-order valence-corrected chi connectivity index (χ2v) is 6.70. The van der Waals surface area contributed by atoms with Gasteiger partial charge in [0, 0.05) is 25.1 Å². The fourth-order valence-electron chi connectivity index (χ4n) is 3.15. The Labute approximate surface area is 171 Å². The molecule has 1 aromatic carbocycles. The van der Waals surface area contributed by atoms with Crippen molar-refractivity contribution in [2.45, 2.75) is 12.5 Å². The van der Waals surface area contributed by atoms with Crippen LogP contribution < -0.4 is 10.3 Å².